The molecule has 0 fully saturated rings. The summed E-state index contributed by atoms with van der Waals surface area (Å²) in [5.41, 5.74) is 4.81. The lowest BCUT2D eigenvalue weighted by Gasteiger charge is -2.15. The van der Waals surface area contributed by atoms with Crippen molar-refractivity contribution in [3.05, 3.63) is 89.0 Å². The second-order valence-electron chi connectivity index (χ2n) is 7.83. The molecule has 0 aliphatic heterocycles. The van der Waals surface area contributed by atoms with Crippen LogP contribution in [0.25, 0.3) is 28.5 Å². The summed E-state index contributed by atoms with van der Waals surface area (Å²) in [5.74, 6) is 1.71. The van der Waals surface area contributed by atoms with Gasteiger partial charge < -0.3 is 4.42 Å². The molecule has 0 amide bonds. The first-order valence-corrected chi connectivity index (χ1v) is 12.0. The van der Waals surface area contributed by atoms with Crippen LogP contribution in [0.4, 0.5) is 0 Å². The number of pyridine rings is 1. The van der Waals surface area contributed by atoms with Gasteiger partial charge in [-0.1, -0.05) is 47.1 Å². The summed E-state index contributed by atoms with van der Waals surface area (Å²) >= 11 is 7.94. The topological polar surface area (TPSA) is 82.5 Å². The van der Waals surface area contributed by atoms with E-state index >= 15 is 0 Å². The number of halogens is 1. The standard InChI is InChI=1S/C25H21ClN6OS/c1-15-7-9-19(10-8-15)24-30-29-23(33-24)17(3)34-25-31-28-22(18-11-13-27-14-12-18)32(25)21-6-4-5-20(26)16(21)2/h4-14,17H,1-3H3. The third kappa shape index (κ3) is 4.34. The third-order valence-electron chi connectivity index (χ3n) is 5.42. The Hall–Kier alpha value is -3.49. The highest BCUT2D eigenvalue weighted by Crippen LogP contribution is 2.38. The average Bonchev–Trinajstić information content (AvgIpc) is 3.50. The van der Waals surface area contributed by atoms with Gasteiger partial charge >= 0.3 is 0 Å². The number of benzene rings is 2. The van der Waals surface area contributed by atoms with Gasteiger partial charge in [0.15, 0.2) is 11.0 Å². The van der Waals surface area contributed by atoms with Crippen molar-refractivity contribution >= 4 is 23.4 Å². The van der Waals surface area contributed by atoms with Gasteiger partial charge in [0.2, 0.25) is 11.8 Å². The van der Waals surface area contributed by atoms with Crippen LogP contribution in [-0.2, 0) is 0 Å². The minimum absolute atomic E-state index is 0.153. The molecule has 0 N–H and O–H groups in total. The van der Waals surface area contributed by atoms with Crippen molar-refractivity contribution < 1.29 is 4.42 Å². The highest BCUT2D eigenvalue weighted by molar-refractivity contribution is 7.99. The molecule has 7 nitrogen and oxygen atoms in total. The van der Waals surface area contributed by atoms with Crippen molar-refractivity contribution in [1.82, 2.24) is 29.9 Å². The van der Waals surface area contributed by atoms with E-state index in [1.807, 2.05) is 79.9 Å². The van der Waals surface area contributed by atoms with Crippen molar-refractivity contribution in [2.45, 2.75) is 31.2 Å². The number of hydrogen-bond donors (Lipinski definition) is 0. The molecule has 3 heterocycles. The van der Waals surface area contributed by atoms with Crippen LogP contribution in [-0.4, -0.2) is 29.9 Å². The van der Waals surface area contributed by atoms with E-state index in [1.54, 1.807) is 12.4 Å². The molecule has 0 saturated heterocycles. The van der Waals surface area contributed by atoms with Gasteiger partial charge in [0.05, 0.1) is 10.9 Å². The van der Waals surface area contributed by atoms with Crippen molar-refractivity contribution in [3.8, 4) is 28.5 Å². The highest BCUT2D eigenvalue weighted by atomic mass is 35.5. The van der Waals surface area contributed by atoms with E-state index in [2.05, 4.69) is 25.4 Å². The van der Waals surface area contributed by atoms with E-state index in [0.717, 1.165) is 22.4 Å². The first-order chi connectivity index (χ1) is 16.5. The molecule has 5 rings (SSSR count). The maximum Gasteiger partial charge on any atom is 0.247 e. The Morgan fingerprint density at radius 1 is 0.882 bits per heavy atom. The van der Waals surface area contributed by atoms with Crippen molar-refractivity contribution in [2.24, 2.45) is 0 Å². The summed E-state index contributed by atoms with van der Waals surface area (Å²) < 4.78 is 8.00. The van der Waals surface area contributed by atoms with Gasteiger partial charge in [-0.05, 0) is 62.7 Å². The summed E-state index contributed by atoms with van der Waals surface area (Å²) in [7, 11) is 0. The van der Waals surface area contributed by atoms with Crippen molar-refractivity contribution in [2.75, 3.05) is 0 Å². The first-order valence-electron chi connectivity index (χ1n) is 10.7. The zero-order valence-electron chi connectivity index (χ0n) is 18.8. The highest BCUT2D eigenvalue weighted by Gasteiger charge is 2.23. The maximum absolute atomic E-state index is 6.45. The summed E-state index contributed by atoms with van der Waals surface area (Å²) in [6.45, 7) is 6.03. The Bertz CT molecular complexity index is 1430. The molecule has 0 bridgehead atoms. The van der Waals surface area contributed by atoms with Gasteiger partial charge in [-0.2, -0.15) is 0 Å². The van der Waals surface area contributed by atoms with Crippen LogP contribution in [0.1, 0.15) is 29.2 Å². The second-order valence-corrected chi connectivity index (χ2v) is 9.55. The van der Waals surface area contributed by atoms with Crippen LogP contribution < -0.4 is 0 Å². The van der Waals surface area contributed by atoms with E-state index < -0.39 is 0 Å². The largest absolute Gasteiger partial charge is 0.419 e. The zero-order chi connectivity index (χ0) is 23.7. The van der Waals surface area contributed by atoms with Crippen LogP contribution in [0.5, 0.6) is 0 Å². The Morgan fingerprint density at radius 2 is 1.65 bits per heavy atom. The van der Waals surface area contributed by atoms with Crippen LogP contribution in [0, 0.1) is 13.8 Å². The average molecular weight is 489 g/mol. The fraction of sp³-hybridized carbons (Fsp3) is 0.160. The molecule has 3 aromatic heterocycles. The molecule has 0 saturated carbocycles. The van der Waals surface area contributed by atoms with E-state index in [1.165, 1.54) is 17.3 Å². The second kappa shape index (κ2) is 9.40. The summed E-state index contributed by atoms with van der Waals surface area (Å²) in [4.78, 5) is 4.12. The Balaban J connectivity index is 1.51. The van der Waals surface area contributed by atoms with Gasteiger partial charge in [-0.3, -0.25) is 9.55 Å². The molecule has 34 heavy (non-hydrogen) atoms. The van der Waals surface area contributed by atoms with Gasteiger partial charge in [-0.25, -0.2) is 0 Å². The van der Waals surface area contributed by atoms with Crippen LogP contribution in [0.15, 0.2) is 76.6 Å². The smallest absolute Gasteiger partial charge is 0.247 e. The van der Waals surface area contributed by atoms with Crippen LogP contribution in [0.2, 0.25) is 5.02 Å². The molecule has 0 aliphatic carbocycles. The summed E-state index contributed by atoms with van der Waals surface area (Å²) in [6.07, 6.45) is 3.47. The van der Waals surface area contributed by atoms with E-state index in [0.29, 0.717) is 27.8 Å². The van der Waals surface area contributed by atoms with Crippen LogP contribution >= 0.6 is 23.4 Å². The van der Waals surface area contributed by atoms with Crippen LogP contribution in [0.3, 0.4) is 0 Å². The van der Waals surface area contributed by atoms with E-state index in [9.17, 15) is 0 Å². The molecule has 1 unspecified atom stereocenters. The molecule has 0 spiro atoms. The number of hydrogen-bond acceptors (Lipinski definition) is 7. The van der Waals surface area contributed by atoms with Gasteiger partial charge in [-0.15, -0.1) is 20.4 Å². The molecule has 0 radical (unpaired) electrons. The van der Waals surface area contributed by atoms with Gasteiger partial charge in [0.25, 0.3) is 0 Å². The lowest BCUT2D eigenvalue weighted by molar-refractivity contribution is 0.509. The quantitative estimate of drug-likeness (QED) is 0.252. The van der Waals surface area contributed by atoms with Crippen molar-refractivity contribution in [1.29, 1.82) is 0 Å². The molecular weight excluding hydrogens is 468 g/mol. The number of thioether (sulfide) groups is 1. The Morgan fingerprint density at radius 3 is 2.41 bits per heavy atom. The normalized spacial score (nSPS) is 12.1. The Labute approximate surface area is 206 Å². The number of rotatable bonds is 6. The fourth-order valence-corrected chi connectivity index (χ4v) is 4.57. The fourth-order valence-electron chi connectivity index (χ4n) is 3.51. The Kier molecular flexibility index (Phi) is 6.17. The zero-order valence-corrected chi connectivity index (χ0v) is 20.4. The number of nitrogens with zero attached hydrogens (tertiary/aromatic N) is 6. The summed E-state index contributed by atoms with van der Waals surface area (Å²) in [5, 5.41) is 18.7. The van der Waals surface area contributed by atoms with Crippen molar-refractivity contribution in [3.63, 3.8) is 0 Å². The molecule has 9 heteroatoms. The number of aryl methyl sites for hydroxylation is 1. The number of aromatic nitrogens is 6. The monoisotopic (exact) mass is 488 g/mol. The minimum atomic E-state index is -0.153. The maximum atomic E-state index is 6.45. The van der Waals surface area contributed by atoms with E-state index in [4.69, 9.17) is 16.0 Å². The minimum Gasteiger partial charge on any atom is -0.419 e. The molecule has 2 aromatic carbocycles. The predicted molar refractivity (Wildman–Crippen MR) is 133 cm³/mol. The SMILES string of the molecule is Cc1ccc(-c2nnc(C(C)Sc3nnc(-c4ccncc4)n3-c3cccc(Cl)c3C)o2)cc1. The lowest BCUT2D eigenvalue weighted by Crippen LogP contribution is -2.03. The van der Waals surface area contributed by atoms with Gasteiger partial charge in [0.1, 0.15) is 0 Å². The third-order valence-corrected chi connectivity index (χ3v) is 6.86. The summed E-state index contributed by atoms with van der Waals surface area (Å²) in [6, 6.07) is 17.6. The van der Waals surface area contributed by atoms with E-state index in [-0.39, 0.29) is 5.25 Å². The lowest BCUT2D eigenvalue weighted by atomic mass is 10.1. The first kappa shape index (κ1) is 22.3. The molecular formula is C25H21ClN6OS. The molecule has 1 atom stereocenters. The predicted octanol–water partition coefficient (Wildman–Crippen LogP) is 6.50. The van der Waals surface area contributed by atoms with Gasteiger partial charge in [0, 0.05) is 28.5 Å². The molecule has 0 aliphatic rings. The molecule has 5 aromatic rings. The molecule has 170 valence electrons.